The van der Waals surface area contributed by atoms with Crippen molar-refractivity contribution in [1.82, 2.24) is 5.32 Å². The fourth-order valence-corrected chi connectivity index (χ4v) is 2.35. The maximum Gasteiger partial charge on any atom is 0.319 e. The average Bonchev–Trinajstić information content (AvgIpc) is 2.28. The number of benzene rings is 1. The third kappa shape index (κ3) is 5.50. The molecule has 0 heterocycles. The highest BCUT2D eigenvalue weighted by Gasteiger charge is 2.05. The number of aliphatic carboxylic acids is 1. The van der Waals surface area contributed by atoms with E-state index in [1.54, 1.807) is 6.07 Å². The van der Waals surface area contributed by atoms with Crippen LogP contribution in [-0.2, 0) is 4.79 Å². The lowest BCUT2D eigenvalue weighted by atomic mass is 10.3. The first-order valence-electron chi connectivity index (χ1n) is 5.20. The van der Waals surface area contributed by atoms with Crippen LogP contribution in [0.2, 0.25) is 0 Å². The molecule has 1 rings (SSSR count). The van der Waals surface area contributed by atoms with Gasteiger partial charge in [-0.1, -0.05) is 15.9 Å². The number of anilines is 1. The molecule has 2 amide bonds. The molecule has 0 aromatic heterocycles. The zero-order valence-electron chi connectivity index (χ0n) is 9.37. The zero-order valence-corrected chi connectivity index (χ0v) is 12.5. The predicted molar refractivity (Wildman–Crippen MR) is 75.7 cm³/mol. The lowest BCUT2D eigenvalue weighted by molar-refractivity contribution is -0.137. The SMILES string of the molecule is O=C(O)CCCNC(=O)Nc1ccc(Br)cc1Br. The van der Waals surface area contributed by atoms with E-state index in [-0.39, 0.29) is 12.5 Å². The highest BCUT2D eigenvalue weighted by Crippen LogP contribution is 2.25. The van der Waals surface area contributed by atoms with Crippen molar-refractivity contribution in [2.24, 2.45) is 0 Å². The number of urea groups is 1. The number of carbonyl (C=O) groups excluding carboxylic acids is 1. The molecule has 0 aliphatic carbocycles. The Hall–Kier alpha value is -1.08. The van der Waals surface area contributed by atoms with Gasteiger partial charge in [-0.05, 0) is 40.5 Å². The second-order valence-corrected chi connectivity index (χ2v) is 5.27. The molecule has 5 nitrogen and oxygen atoms in total. The summed E-state index contributed by atoms with van der Waals surface area (Å²) in [5.74, 6) is -0.868. The molecule has 0 saturated carbocycles. The van der Waals surface area contributed by atoms with E-state index in [9.17, 15) is 9.59 Å². The number of hydrogen-bond acceptors (Lipinski definition) is 2. The first-order chi connectivity index (χ1) is 8.49. The molecule has 0 bridgehead atoms. The number of carboxylic acids is 1. The van der Waals surface area contributed by atoms with E-state index in [0.717, 1.165) is 8.95 Å². The summed E-state index contributed by atoms with van der Waals surface area (Å²) in [6.07, 6.45) is 0.451. The Morgan fingerprint density at radius 1 is 1.28 bits per heavy atom. The van der Waals surface area contributed by atoms with Crippen LogP contribution < -0.4 is 10.6 Å². The van der Waals surface area contributed by atoms with Gasteiger partial charge in [0, 0.05) is 21.9 Å². The van der Waals surface area contributed by atoms with Crippen LogP contribution in [0.1, 0.15) is 12.8 Å². The van der Waals surface area contributed by atoms with Gasteiger partial charge >= 0.3 is 12.0 Å². The summed E-state index contributed by atoms with van der Waals surface area (Å²) >= 11 is 6.64. The largest absolute Gasteiger partial charge is 0.481 e. The number of carboxylic acid groups (broad SMARTS) is 1. The van der Waals surface area contributed by atoms with Gasteiger partial charge in [0.1, 0.15) is 0 Å². The Labute approximate surface area is 121 Å². The normalized spacial score (nSPS) is 9.89. The summed E-state index contributed by atoms with van der Waals surface area (Å²) in [5, 5.41) is 13.7. The summed E-state index contributed by atoms with van der Waals surface area (Å²) in [7, 11) is 0. The summed E-state index contributed by atoms with van der Waals surface area (Å²) < 4.78 is 1.67. The summed E-state index contributed by atoms with van der Waals surface area (Å²) in [4.78, 5) is 21.8. The minimum Gasteiger partial charge on any atom is -0.481 e. The first kappa shape index (κ1) is 15.0. The third-order valence-electron chi connectivity index (χ3n) is 2.03. The number of amides is 2. The molecule has 0 atom stereocenters. The maximum atomic E-state index is 11.5. The lowest BCUT2D eigenvalue weighted by Crippen LogP contribution is -2.29. The van der Waals surface area contributed by atoms with Crippen molar-refractivity contribution >= 4 is 49.5 Å². The van der Waals surface area contributed by atoms with Gasteiger partial charge in [-0.15, -0.1) is 0 Å². The van der Waals surface area contributed by atoms with Crippen molar-refractivity contribution in [2.45, 2.75) is 12.8 Å². The van der Waals surface area contributed by atoms with Crippen molar-refractivity contribution in [3.8, 4) is 0 Å². The monoisotopic (exact) mass is 378 g/mol. The number of rotatable bonds is 5. The topological polar surface area (TPSA) is 78.4 Å². The molecule has 0 radical (unpaired) electrons. The van der Waals surface area contributed by atoms with Gasteiger partial charge in [0.25, 0.3) is 0 Å². The molecular formula is C11H12Br2N2O3. The number of hydrogen-bond donors (Lipinski definition) is 3. The average molecular weight is 380 g/mol. The fourth-order valence-electron chi connectivity index (χ4n) is 1.20. The summed E-state index contributed by atoms with van der Waals surface area (Å²) in [5.41, 5.74) is 0.647. The smallest absolute Gasteiger partial charge is 0.319 e. The second-order valence-electron chi connectivity index (χ2n) is 3.50. The van der Waals surface area contributed by atoms with Crippen LogP contribution in [0.15, 0.2) is 27.1 Å². The minimum absolute atomic E-state index is 0.0439. The molecule has 1 aromatic rings. The summed E-state index contributed by atoms with van der Waals surface area (Å²) in [6.45, 7) is 0.326. The second kappa shape index (κ2) is 7.38. The van der Waals surface area contributed by atoms with Crippen molar-refractivity contribution in [3.05, 3.63) is 27.1 Å². The highest BCUT2D eigenvalue weighted by molar-refractivity contribution is 9.11. The van der Waals surface area contributed by atoms with Crippen LogP contribution in [0, 0.1) is 0 Å². The molecule has 0 unspecified atom stereocenters. The van der Waals surface area contributed by atoms with E-state index in [1.165, 1.54) is 0 Å². The Morgan fingerprint density at radius 2 is 2.00 bits per heavy atom. The molecule has 0 spiro atoms. The van der Waals surface area contributed by atoms with Gasteiger partial charge in [0.05, 0.1) is 5.69 Å². The van der Waals surface area contributed by atoms with Gasteiger partial charge in [-0.3, -0.25) is 4.79 Å². The molecule has 0 aliphatic rings. The quantitative estimate of drug-likeness (QED) is 0.687. The van der Waals surface area contributed by atoms with E-state index in [0.29, 0.717) is 18.7 Å². The van der Waals surface area contributed by atoms with Crippen LogP contribution in [-0.4, -0.2) is 23.7 Å². The first-order valence-corrected chi connectivity index (χ1v) is 6.79. The van der Waals surface area contributed by atoms with Gasteiger partial charge < -0.3 is 15.7 Å². The van der Waals surface area contributed by atoms with E-state index in [4.69, 9.17) is 5.11 Å². The number of halogens is 2. The van der Waals surface area contributed by atoms with E-state index < -0.39 is 5.97 Å². The lowest BCUT2D eigenvalue weighted by Gasteiger charge is -2.09. The Kier molecular flexibility index (Phi) is 6.14. The Balaban J connectivity index is 2.38. The van der Waals surface area contributed by atoms with Gasteiger partial charge in [0.2, 0.25) is 0 Å². The molecule has 7 heteroatoms. The molecule has 0 fully saturated rings. The predicted octanol–water partition coefficient (Wildman–Crippen LogP) is 3.20. The fraction of sp³-hybridized carbons (Fsp3) is 0.273. The van der Waals surface area contributed by atoms with E-state index in [1.807, 2.05) is 12.1 Å². The Bertz CT molecular complexity index is 452. The molecule has 0 saturated heterocycles. The number of carbonyl (C=O) groups is 2. The molecule has 1 aromatic carbocycles. The van der Waals surface area contributed by atoms with Crippen LogP contribution in [0.3, 0.4) is 0 Å². The number of nitrogens with one attached hydrogen (secondary N) is 2. The third-order valence-corrected chi connectivity index (χ3v) is 3.18. The molecule has 0 aliphatic heterocycles. The minimum atomic E-state index is -0.868. The van der Waals surface area contributed by atoms with Crippen molar-refractivity contribution in [1.29, 1.82) is 0 Å². The molecular weight excluding hydrogens is 368 g/mol. The molecule has 3 N–H and O–H groups in total. The molecule has 98 valence electrons. The van der Waals surface area contributed by atoms with Crippen LogP contribution >= 0.6 is 31.9 Å². The maximum absolute atomic E-state index is 11.5. The van der Waals surface area contributed by atoms with E-state index >= 15 is 0 Å². The molecule has 18 heavy (non-hydrogen) atoms. The van der Waals surface area contributed by atoms with Gasteiger partial charge in [-0.2, -0.15) is 0 Å². The van der Waals surface area contributed by atoms with E-state index in [2.05, 4.69) is 42.5 Å². The van der Waals surface area contributed by atoms with Crippen molar-refractivity contribution < 1.29 is 14.7 Å². The van der Waals surface area contributed by atoms with Gasteiger partial charge in [-0.25, -0.2) is 4.79 Å². The van der Waals surface area contributed by atoms with Crippen molar-refractivity contribution in [2.75, 3.05) is 11.9 Å². The zero-order chi connectivity index (χ0) is 13.5. The highest BCUT2D eigenvalue weighted by atomic mass is 79.9. The van der Waals surface area contributed by atoms with Crippen molar-refractivity contribution in [3.63, 3.8) is 0 Å². The van der Waals surface area contributed by atoms with Crippen LogP contribution in [0.4, 0.5) is 10.5 Å². The Morgan fingerprint density at radius 3 is 2.61 bits per heavy atom. The standard InChI is InChI=1S/C11H12Br2N2O3/c12-7-3-4-9(8(13)6-7)15-11(18)14-5-1-2-10(16)17/h3-4,6H,1-2,5H2,(H,16,17)(H2,14,15,18). The van der Waals surface area contributed by atoms with Gasteiger partial charge in [0.15, 0.2) is 0 Å². The summed E-state index contributed by atoms with van der Waals surface area (Å²) in [6, 6.07) is 5.03. The van der Waals surface area contributed by atoms with Crippen LogP contribution in [0.5, 0.6) is 0 Å². The van der Waals surface area contributed by atoms with Crippen LogP contribution in [0.25, 0.3) is 0 Å².